The van der Waals surface area contributed by atoms with Crippen molar-refractivity contribution in [3.05, 3.63) is 28.2 Å². The van der Waals surface area contributed by atoms with E-state index in [9.17, 15) is 9.59 Å². The van der Waals surface area contributed by atoms with Crippen molar-refractivity contribution in [3.63, 3.8) is 0 Å². The smallest absolute Gasteiger partial charge is 0.229 e. The first-order valence-electron chi connectivity index (χ1n) is 7.36. The number of nitrogens with zero attached hydrogens (tertiary/aromatic N) is 2. The van der Waals surface area contributed by atoms with Crippen LogP contribution in [-0.4, -0.2) is 55.3 Å². The number of amides is 2. The molecule has 2 rings (SSSR count). The zero-order valence-corrected chi connectivity index (χ0v) is 14.8. The number of hydrogen-bond donors (Lipinski definition) is 1. The van der Waals surface area contributed by atoms with Gasteiger partial charge in [0.15, 0.2) is 0 Å². The maximum absolute atomic E-state index is 12.3. The number of nitrogens with one attached hydrogen (secondary N) is 1. The minimum Gasteiger partial charge on any atom is -0.341 e. The van der Waals surface area contributed by atoms with E-state index in [-0.39, 0.29) is 17.7 Å². The summed E-state index contributed by atoms with van der Waals surface area (Å²) >= 11 is 3.44. The SMILES string of the molecule is Cc1cc(NC(=O)C2CC(=O)N(CCN(C)C)C2)ccc1Br. The first kappa shape index (κ1) is 17.0. The van der Waals surface area contributed by atoms with Gasteiger partial charge in [0.2, 0.25) is 11.8 Å². The Morgan fingerprint density at radius 3 is 2.82 bits per heavy atom. The van der Waals surface area contributed by atoms with E-state index in [0.29, 0.717) is 19.5 Å². The largest absolute Gasteiger partial charge is 0.341 e. The molecular weight excluding hydrogens is 346 g/mol. The lowest BCUT2D eigenvalue weighted by Gasteiger charge is -2.19. The normalized spacial score (nSPS) is 18.1. The number of hydrogen-bond acceptors (Lipinski definition) is 3. The van der Waals surface area contributed by atoms with Crippen molar-refractivity contribution in [2.45, 2.75) is 13.3 Å². The Morgan fingerprint density at radius 1 is 1.45 bits per heavy atom. The Hall–Kier alpha value is -1.40. The van der Waals surface area contributed by atoms with E-state index in [1.807, 2.05) is 44.1 Å². The molecule has 6 heteroatoms. The number of likely N-dealkylation sites (tertiary alicyclic amines) is 1. The second-order valence-corrected chi connectivity index (χ2v) is 6.85. The maximum Gasteiger partial charge on any atom is 0.229 e. The summed E-state index contributed by atoms with van der Waals surface area (Å²) in [6.07, 6.45) is 0.300. The van der Waals surface area contributed by atoms with Crippen molar-refractivity contribution in [2.24, 2.45) is 5.92 Å². The molecule has 1 aromatic carbocycles. The van der Waals surface area contributed by atoms with Gasteiger partial charge < -0.3 is 15.1 Å². The fraction of sp³-hybridized carbons (Fsp3) is 0.500. The zero-order valence-electron chi connectivity index (χ0n) is 13.2. The first-order chi connectivity index (χ1) is 10.4. The summed E-state index contributed by atoms with van der Waals surface area (Å²) in [5.41, 5.74) is 1.83. The molecule has 1 unspecified atom stereocenters. The number of benzene rings is 1. The van der Waals surface area contributed by atoms with Crippen molar-refractivity contribution in [2.75, 3.05) is 39.0 Å². The zero-order chi connectivity index (χ0) is 16.3. The van der Waals surface area contributed by atoms with Crippen LogP contribution in [-0.2, 0) is 9.59 Å². The van der Waals surface area contributed by atoms with Gasteiger partial charge in [0, 0.05) is 36.2 Å². The molecule has 1 fully saturated rings. The Balaban J connectivity index is 1.93. The van der Waals surface area contributed by atoms with Crippen molar-refractivity contribution < 1.29 is 9.59 Å². The molecule has 0 bridgehead atoms. The molecular formula is C16H22BrN3O2. The molecule has 1 aliphatic rings. The molecule has 1 saturated heterocycles. The van der Waals surface area contributed by atoms with E-state index in [2.05, 4.69) is 21.2 Å². The predicted octanol–water partition coefficient (Wildman–Crippen LogP) is 2.11. The van der Waals surface area contributed by atoms with Crippen molar-refractivity contribution in [1.29, 1.82) is 0 Å². The molecule has 0 aliphatic carbocycles. The van der Waals surface area contributed by atoms with Crippen LogP contribution >= 0.6 is 15.9 Å². The Bertz CT molecular complexity index is 575. The molecule has 5 nitrogen and oxygen atoms in total. The van der Waals surface area contributed by atoms with Gasteiger partial charge in [-0.25, -0.2) is 0 Å². The molecule has 0 spiro atoms. The van der Waals surface area contributed by atoms with E-state index >= 15 is 0 Å². The van der Waals surface area contributed by atoms with Gasteiger partial charge in [-0.1, -0.05) is 15.9 Å². The van der Waals surface area contributed by atoms with Gasteiger partial charge in [0.05, 0.1) is 5.92 Å². The van der Waals surface area contributed by atoms with Gasteiger partial charge in [0.25, 0.3) is 0 Å². The Kier molecular flexibility index (Phi) is 5.58. The van der Waals surface area contributed by atoms with Crippen LogP contribution in [0.25, 0.3) is 0 Å². The van der Waals surface area contributed by atoms with Crippen molar-refractivity contribution in [3.8, 4) is 0 Å². The first-order valence-corrected chi connectivity index (χ1v) is 8.15. The molecule has 1 heterocycles. The molecule has 0 radical (unpaired) electrons. The van der Waals surface area contributed by atoms with Gasteiger partial charge in [-0.15, -0.1) is 0 Å². The Morgan fingerprint density at radius 2 is 2.18 bits per heavy atom. The molecule has 1 atom stereocenters. The molecule has 120 valence electrons. The highest BCUT2D eigenvalue weighted by atomic mass is 79.9. The van der Waals surface area contributed by atoms with Gasteiger partial charge in [-0.05, 0) is 44.8 Å². The average Bonchev–Trinajstić information content (AvgIpc) is 2.82. The average molecular weight is 368 g/mol. The van der Waals surface area contributed by atoms with Crippen LogP contribution in [0.5, 0.6) is 0 Å². The highest BCUT2D eigenvalue weighted by Gasteiger charge is 2.34. The monoisotopic (exact) mass is 367 g/mol. The van der Waals surface area contributed by atoms with Crippen molar-refractivity contribution in [1.82, 2.24) is 9.80 Å². The fourth-order valence-corrected chi connectivity index (χ4v) is 2.70. The lowest BCUT2D eigenvalue weighted by Crippen LogP contribution is -2.33. The van der Waals surface area contributed by atoms with Gasteiger partial charge in [-0.3, -0.25) is 9.59 Å². The fourth-order valence-electron chi connectivity index (χ4n) is 2.45. The molecule has 0 aromatic heterocycles. The topological polar surface area (TPSA) is 52.7 Å². The molecule has 1 N–H and O–H groups in total. The lowest BCUT2D eigenvalue weighted by atomic mass is 10.1. The predicted molar refractivity (Wildman–Crippen MR) is 90.7 cm³/mol. The summed E-state index contributed by atoms with van der Waals surface area (Å²) in [5.74, 6) is -0.282. The number of aryl methyl sites for hydroxylation is 1. The summed E-state index contributed by atoms with van der Waals surface area (Å²) in [6, 6.07) is 5.69. The third kappa shape index (κ3) is 4.30. The number of anilines is 1. The van der Waals surface area contributed by atoms with Crippen LogP contribution in [0.3, 0.4) is 0 Å². The van der Waals surface area contributed by atoms with Crippen LogP contribution in [0, 0.1) is 12.8 Å². The second kappa shape index (κ2) is 7.24. The number of carbonyl (C=O) groups is 2. The minimum atomic E-state index is -0.265. The summed E-state index contributed by atoms with van der Waals surface area (Å²) in [5, 5.41) is 2.91. The number of halogens is 1. The highest BCUT2D eigenvalue weighted by Crippen LogP contribution is 2.23. The standard InChI is InChI=1S/C16H22BrN3O2/c1-11-8-13(4-5-14(11)17)18-16(22)12-9-15(21)20(10-12)7-6-19(2)3/h4-5,8,12H,6-7,9-10H2,1-3H3,(H,18,22). The van der Waals surface area contributed by atoms with E-state index in [1.165, 1.54) is 0 Å². The number of likely N-dealkylation sites (N-methyl/N-ethyl adjacent to an activating group) is 1. The number of rotatable bonds is 5. The molecule has 0 saturated carbocycles. The molecule has 22 heavy (non-hydrogen) atoms. The summed E-state index contributed by atoms with van der Waals surface area (Å²) in [7, 11) is 3.95. The highest BCUT2D eigenvalue weighted by molar-refractivity contribution is 9.10. The van der Waals surface area contributed by atoms with Gasteiger partial charge >= 0.3 is 0 Å². The third-order valence-corrected chi connectivity index (χ3v) is 4.72. The van der Waals surface area contributed by atoms with E-state index in [0.717, 1.165) is 22.3 Å². The van der Waals surface area contributed by atoms with Crippen LogP contribution in [0.15, 0.2) is 22.7 Å². The molecule has 2 amide bonds. The Labute approximate surface area is 139 Å². The molecule has 1 aromatic rings. The van der Waals surface area contributed by atoms with Crippen LogP contribution in [0.1, 0.15) is 12.0 Å². The van der Waals surface area contributed by atoms with Gasteiger partial charge in [0.1, 0.15) is 0 Å². The minimum absolute atomic E-state index is 0.0639. The van der Waals surface area contributed by atoms with Crippen LogP contribution < -0.4 is 5.32 Å². The maximum atomic E-state index is 12.3. The van der Waals surface area contributed by atoms with E-state index in [4.69, 9.17) is 0 Å². The lowest BCUT2D eigenvalue weighted by molar-refractivity contribution is -0.128. The number of carbonyl (C=O) groups excluding carboxylic acids is 2. The van der Waals surface area contributed by atoms with Crippen LogP contribution in [0.2, 0.25) is 0 Å². The van der Waals surface area contributed by atoms with E-state index in [1.54, 1.807) is 4.90 Å². The van der Waals surface area contributed by atoms with Crippen molar-refractivity contribution >= 4 is 33.4 Å². The molecule has 1 aliphatic heterocycles. The van der Waals surface area contributed by atoms with Gasteiger partial charge in [-0.2, -0.15) is 0 Å². The summed E-state index contributed by atoms with van der Waals surface area (Å²) in [4.78, 5) is 28.1. The van der Waals surface area contributed by atoms with Crippen LogP contribution in [0.4, 0.5) is 5.69 Å². The summed E-state index contributed by atoms with van der Waals surface area (Å²) < 4.78 is 1.01. The quantitative estimate of drug-likeness (QED) is 0.866. The summed E-state index contributed by atoms with van der Waals surface area (Å²) in [6.45, 7) is 3.97. The van der Waals surface area contributed by atoms with E-state index < -0.39 is 0 Å². The third-order valence-electron chi connectivity index (χ3n) is 3.83. The second-order valence-electron chi connectivity index (χ2n) is 6.00.